The molecule has 0 saturated carbocycles. The Morgan fingerprint density at radius 2 is 2.20 bits per heavy atom. The Balaban J connectivity index is 2.24. The van der Waals surface area contributed by atoms with E-state index in [0.717, 1.165) is 23.3 Å². The summed E-state index contributed by atoms with van der Waals surface area (Å²) in [6, 6.07) is 5.64. The van der Waals surface area contributed by atoms with Crippen LogP contribution in [-0.4, -0.2) is 10.2 Å². The molecule has 78 valence electrons. The smallest absolute Gasteiger partial charge is 0.210 e. The van der Waals surface area contributed by atoms with Gasteiger partial charge in [-0.05, 0) is 56.7 Å². The number of rotatable bonds is 2. The molecule has 2 rings (SSSR count). The second-order valence-corrected chi connectivity index (χ2v) is 6.46. The number of nitrogens with zero attached hydrogens (tertiary/aromatic N) is 2. The summed E-state index contributed by atoms with van der Waals surface area (Å²) in [5, 5.41) is 12.4. The van der Waals surface area contributed by atoms with Crippen LogP contribution in [-0.2, 0) is 0 Å². The number of halogens is 3. The normalized spacial score (nSPS) is 10.3. The van der Waals surface area contributed by atoms with E-state index < -0.39 is 0 Å². The molecule has 0 aliphatic heterocycles. The predicted octanol–water partition coefficient (Wildman–Crippen LogP) is 4.30. The highest BCUT2D eigenvalue weighted by atomic mass is 127. The number of hydrogen-bond donors (Lipinski definition) is 1. The number of benzene rings is 1. The maximum absolute atomic E-state index is 5.86. The van der Waals surface area contributed by atoms with Crippen LogP contribution in [0.3, 0.4) is 0 Å². The van der Waals surface area contributed by atoms with Gasteiger partial charge in [0.2, 0.25) is 5.13 Å². The summed E-state index contributed by atoms with van der Waals surface area (Å²) >= 11 is 12.8. The van der Waals surface area contributed by atoms with Gasteiger partial charge in [0.15, 0.2) is 3.92 Å². The van der Waals surface area contributed by atoms with Crippen LogP contribution in [0.4, 0.5) is 10.8 Å². The minimum atomic E-state index is 0.725. The van der Waals surface area contributed by atoms with Crippen molar-refractivity contribution in [1.82, 2.24) is 10.2 Å². The molecule has 2 aromatic rings. The summed E-state index contributed by atoms with van der Waals surface area (Å²) in [6.45, 7) is 0. The summed E-state index contributed by atoms with van der Waals surface area (Å²) in [7, 11) is 0. The van der Waals surface area contributed by atoms with Crippen LogP contribution in [0.1, 0.15) is 0 Å². The van der Waals surface area contributed by atoms with Gasteiger partial charge in [-0.3, -0.25) is 0 Å². The highest BCUT2D eigenvalue weighted by molar-refractivity contribution is 14.1. The average molecular weight is 416 g/mol. The van der Waals surface area contributed by atoms with E-state index in [1.165, 1.54) is 11.3 Å². The molecule has 3 nitrogen and oxygen atoms in total. The van der Waals surface area contributed by atoms with Crippen LogP contribution in [0.25, 0.3) is 0 Å². The third kappa shape index (κ3) is 3.02. The van der Waals surface area contributed by atoms with Gasteiger partial charge in [-0.15, -0.1) is 10.2 Å². The highest BCUT2D eigenvalue weighted by Crippen LogP contribution is 2.28. The van der Waals surface area contributed by atoms with Crippen LogP contribution in [0.5, 0.6) is 0 Å². The fourth-order valence-corrected chi connectivity index (χ4v) is 2.99. The van der Waals surface area contributed by atoms with Crippen LogP contribution < -0.4 is 5.32 Å². The molecule has 7 heteroatoms. The van der Waals surface area contributed by atoms with Gasteiger partial charge < -0.3 is 5.32 Å². The van der Waals surface area contributed by atoms with Crippen molar-refractivity contribution < 1.29 is 0 Å². The molecule has 0 atom stereocenters. The van der Waals surface area contributed by atoms with Crippen molar-refractivity contribution in [2.24, 2.45) is 0 Å². The number of nitrogens with one attached hydrogen (secondary N) is 1. The summed E-state index contributed by atoms with van der Waals surface area (Å²) < 4.78 is 1.81. The first-order valence-corrected chi connectivity index (χ1v) is 6.93. The average Bonchev–Trinajstić information content (AvgIpc) is 2.56. The van der Waals surface area contributed by atoms with Crippen molar-refractivity contribution in [1.29, 1.82) is 0 Å². The van der Waals surface area contributed by atoms with E-state index in [-0.39, 0.29) is 0 Å². The Hall–Kier alpha value is 0.0800. The second kappa shape index (κ2) is 4.94. The zero-order chi connectivity index (χ0) is 10.8. The molecule has 0 fully saturated rings. The fourth-order valence-electron chi connectivity index (χ4n) is 0.962. The Labute approximate surface area is 118 Å². The predicted molar refractivity (Wildman–Crippen MR) is 75.1 cm³/mol. The van der Waals surface area contributed by atoms with Crippen LogP contribution in [0, 0.1) is 3.57 Å². The second-order valence-electron chi connectivity index (χ2n) is 2.61. The van der Waals surface area contributed by atoms with Crippen molar-refractivity contribution >= 4 is 72.3 Å². The molecular weight excluding hydrogens is 412 g/mol. The zero-order valence-corrected chi connectivity index (χ0v) is 12.5. The van der Waals surface area contributed by atoms with Crippen molar-refractivity contribution in [2.45, 2.75) is 0 Å². The molecule has 1 aromatic heterocycles. The molecule has 0 radical (unpaired) electrons. The van der Waals surface area contributed by atoms with Gasteiger partial charge >= 0.3 is 0 Å². The van der Waals surface area contributed by atoms with Crippen molar-refractivity contribution in [3.05, 3.63) is 30.7 Å². The van der Waals surface area contributed by atoms with Gasteiger partial charge in [0.1, 0.15) is 0 Å². The summed E-state index contributed by atoms with van der Waals surface area (Å²) in [5.74, 6) is 0. The van der Waals surface area contributed by atoms with Gasteiger partial charge in [0.25, 0.3) is 0 Å². The Kier molecular flexibility index (Phi) is 3.81. The molecule has 0 saturated heterocycles. The van der Waals surface area contributed by atoms with Crippen LogP contribution >= 0.6 is 61.5 Å². The Morgan fingerprint density at radius 1 is 1.40 bits per heavy atom. The van der Waals surface area contributed by atoms with Gasteiger partial charge in [0.05, 0.1) is 5.69 Å². The zero-order valence-electron chi connectivity index (χ0n) is 7.17. The number of anilines is 2. The molecule has 0 aliphatic carbocycles. The summed E-state index contributed by atoms with van der Waals surface area (Å²) in [4.78, 5) is 0. The van der Waals surface area contributed by atoms with E-state index >= 15 is 0 Å². The quantitative estimate of drug-likeness (QED) is 0.742. The third-order valence-corrected chi connectivity index (χ3v) is 3.97. The number of hydrogen-bond acceptors (Lipinski definition) is 4. The lowest BCUT2D eigenvalue weighted by molar-refractivity contribution is 1.07. The molecule has 0 aliphatic rings. The molecule has 0 spiro atoms. The maximum Gasteiger partial charge on any atom is 0.210 e. The maximum atomic E-state index is 5.86. The standard InChI is InChI=1S/C8H4BrClIN3S/c9-7-13-14-8(15-7)12-6-2-1-4(10)3-5(6)11/h1-3H,(H,12,14). The van der Waals surface area contributed by atoms with E-state index in [4.69, 9.17) is 11.6 Å². The van der Waals surface area contributed by atoms with Crippen molar-refractivity contribution in [3.63, 3.8) is 0 Å². The monoisotopic (exact) mass is 415 g/mol. The summed E-state index contributed by atoms with van der Waals surface area (Å²) in [6.07, 6.45) is 0. The molecule has 15 heavy (non-hydrogen) atoms. The molecule has 0 amide bonds. The largest absolute Gasteiger partial charge is 0.329 e. The topological polar surface area (TPSA) is 37.8 Å². The first kappa shape index (κ1) is 11.6. The minimum absolute atomic E-state index is 0.725. The summed E-state index contributed by atoms with van der Waals surface area (Å²) in [5.41, 5.74) is 0.976. The lowest BCUT2D eigenvalue weighted by atomic mass is 10.3. The minimum Gasteiger partial charge on any atom is -0.329 e. The van der Waals surface area contributed by atoms with Gasteiger partial charge in [-0.2, -0.15) is 0 Å². The van der Waals surface area contributed by atoms with E-state index in [1.807, 2.05) is 18.2 Å². The Bertz CT molecular complexity index is 490. The van der Waals surface area contributed by atoms with E-state index in [1.54, 1.807) is 0 Å². The molecule has 0 bridgehead atoms. The Morgan fingerprint density at radius 3 is 2.80 bits per heavy atom. The molecule has 1 N–H and O–H groups in total. The van der Waals surface area contributed by atoms with Crippen LogP contribution in [0.2, 0.25) is 5.02 Å². The first-order chi connectivity index (χ1) is 7.15. The molecule has 1 heterocycles. The van der Waals surface area contributed by atoms with Gasteiger partial charge in [-0.25, -0.2) is 0 Å². The van der Waals surface area contributed by atoms with Crippen molar-refractivity contribution in [3.8, 4) is 0 Å². The first-order valence-electron chi connectivity index (χ1n) is 3.86. The number of aromatic nitrogens is 2. The third-order valence-electron chi connectivity index (χ3n) is 1.57. The SMILES string of the molecule is Clc1ccc(Nc2nnc(Br)s2)c(I)c1. The van der Waals surface area contributed by atoms with Gasteiger partial charge in [0, 0.05) is 8.59 Å². The molecule has 0 unspecified atom stereocenters. The van der Waals surface area contributed by atoms with Gasteiger partial charge in [-0.1, -0.05) is 22.9 Å². The lowest BCUT2D eigenvalue weighted by Crippen LogP contribution is -1.92. The fraction of sp³-hybridized carbons (Fsp3) is 0. The van der Waals surface area contributed by atoms with E-state index in [0.29, 0.717) is 0 Å². The van der Waals surface area contributed by atoms with Crippen LogP contribution in [0.15, 0.2) is 22.1 Å². The van der Waals surface area contributed by atoms with E-state index in [2.05, 4.69) is 54.0 Å². The molecular formula is C8H4BrClIN3S. The lowest BCUT2D eigenvalue weighted by Gasteiger charge is -2.04. The van der Waals surface area contributed by atoms with E-state index in [9.17, 15) is 0 Å². The highest BCUT2D eigenvalue weighted by Gasteiger charge is 2.04. The molecule has 1 aromatic carbocycles. The van der Waals surface area contributed by atoms with Crippen molar-refractivity contribution in [2.75, 3.05) is 5.32 Å².